The molecule has 34 heavy (non-hydrogen) atoms. The van der Waals surface area contributed by atoms with Crippen LogP contribution in [0.4, 0.5) is 5.69 Å². The number of anilines is 1. The fraction of sp³-hybridized carbons (Fsp3) is 0.625. The average Bonchev–Trinajstić information content (AvgIpc) is 2.56. The van der Waals surface area contributed by atoms with E-state index in [0.717, 1.165) is 31.4 Å². The number of hydrogen-bond acceptors (Lipinski definition) is 1. The Labute approximate surface area is 220 Å². The van der Waals surface area contributed by atoms with Crippen molar-refractivity contribution in [1.29, 1.82) is 0 Å². The fourth-order valence-corrected chi connectivity index (χ4v) is 4.61. The van der Waals surface area contributed by atoms with Crippen LogP contribution in [0, 0.1) is 21.7 Å². The van der Waals surface area contributed by atoms with E-state index in [1.807, 2.05) is 6.07 Å². The van der Waals surface area contributed by atoms with Gasteiger partial charge >= 0.3 is 0 Å². The summed E-state index contributed by atoms with van der Waals surface area (Å²) >= 11 is 3.58. The molecule has 0 aliphatic rings. The van der Waals surface area contributed by atoms with Gasteiger partial charge in [-0.2, -0.15) is 0 Å². The molecule has 192 valence electrons. The van der Waals surface area contributed by atoms with Crippen molar-refractivity contribution >= 4 is 21.6 Å². The normalized spacial score (nSPS) is 12.9. The Bertz CT molecular complexity index is 834. The Balaban J connectivity index is 0.000000340. The minimum atomic E-state index is 0.306. The van der Waals surface area contributed by atoms with Crippen LogP contribution in [0.25, 0.3) is 0 Å². The second-order valence-electron chi connectivity index (χ2n) is 14.9. The van der Waals surface area contributed by atoms with Crippen molar-refractivity contribution in [3.8, 4) is 0 Å². The van der Waals surface area contributed by atoms with Crippen molar-refractivity contribution in [3.05, 3.63) is 63.1 Å². The molecular weight excluding hydrogens is 478 g/mol. The quantitative estimate of drug-likeness (QED) is 0.391. The molecule has 0 saturated heterocycles. The van der Waals surface area contributed by atoms with Crippen molar-refractivity contribution in [3.63, 3.8) is 0 Å². The average molecular weight is 531 g/mol. The largest absolute Gasteiger partial charge is 0.399 e. The van der Waals surface area contributed by atoms with Crippen LogP contribution in [-0.4, -0.2) is 0 Å². The van der Waals surface area contributed by atoms with Gasteiger partial charge in [-0.05, 0) is 93.9 Å². The molecule has 0 atom stereocenters. The van der Waals surface area contributed by atoms with Crippen molar-refractivity contribution in [2.45, 2.75) is 109 Å². The summed E-state index contributed by atoms with van der Waals surface area (Å²) in [5, 5.41) is 0. The third-order valence-corrected chi connectivity index (χ3v) is 5.78. The van der Waals surface area contributed by atoms with Crippen LogP contribution in [0.5, 0.6) is 0 Å². The van der Waals surface area contributed by atoms with Crippen LogP contribution in [0.2, 0.25) is 0 Å². The predicted octanol–water partition coefficient (Wildman–Crippen LogP) is 10.1. The molecule has 2 heteroatoms. The summed E-state index contributed by atoms with van der Waals surface area (Å²) in [5.74, 6) is 0. The van der Waals surface area contributed by atoms with Gasteiger partial charge < -0.3 is 5.73 Å². The topological polar surface area (TPSA) is 26.0 Å². The number of rotatable bonds is 4. The zero-order chi connectivity index (χ0) is 26.5. The van der Waals surface area contributed by atoms with E-state index in [1.54, 1.807) is 0 Å². The van der Waals surface area contributed by atoms with Crippen LogP contribution in [0.3, 0.4) is 0 Å². The molecule has 0 heterocycles. The second kappa shape index (κ2) is 11.6. The first-order valence-corrected chi connectivity index (χ1v) is 13.6. The van der Waals surface area contributed by atoms with Gasteiger partial charge in [-0.15, -0.1) is 0 Å². The Morgan fingerprint density at radius 3 is 1.21 bits per heavy atom. The molecule has 0 unspecified atom stereocenters. The lowest BCUT2D eigenvalue weighted by atomic mass is 9.81. The van der Waals surface area contributed by atoms with E-state index in [1.165, 1.54) is 26.7 Å². The summed E-state index contributed by atoms with van der Waals surface area (Å²) in [6.07, 6.45) is 4.48. The first-order valence-electron chi connectivity index (χ1n) is 12.8. The van der Waals surface area contributed by atoms with E-state index < -0.39 is 0 Å². The highest BCUT2D eigenvalue weighted by Crippen LogP contribution is 2.30. The Morgan fingerprint density at radius 2 is 0.824 bits per heavy atom. The van der Waals surface area contributed by atoms with Gasteiger partial charge in [-0.25, -0.2) is 0 Å². The van der Waals surface area contributed by atoms with Crippen molar-refractivity contribution < 1.29 is 0 Å². The van der Waals surface area contributed by atoms with Gasteiger partial charge in [0.25, 0.3) is 0 Å². The van der Waals surface area contributed by atoms with Gasteiger partial charge in [0.2, 0.25) is 0 Å². The van der Waals surface area contributed by atoms with Gasteiger partial charge in [-0.1, -0.05) is 111 Å². The minimum absolute atomic E-state index is 0.306. The molecule has 0 amide bonds. The number of halogens is 1. The Morgan fingerprint density at radius 1 is 0.500 bits per heavy atom. The van der Waals surface area contributed by atoms with E-state index in [9.17, 15) is 0 Å². The van der Waals surface area contributed by atoms with E-state index in [4.69, 9.17) is 5.73 Å². The number of nitrogen functional groups attached to an aromatic ring is 1. The summed E-state index contributed by atoms with van der Waals surface area (Å²) in [4.78, 5) is 0. The molecule has 0 radical (unpaired) electrons. The zero-order valence-corrected chi connectivity index (χ0v) is 25.8. The van der Waals surface area contributed by atoms with Crippen LogP contribution in [0.1, 0.15) is 105 Å². The van der Waals surface area contributed by atoms with Crippen LogP contribution in [-0.2, 0) is 25.7 Å². The van der Waals surface area contributed by atoms with Crippen LogP contribution < -0.4 is 5.73 Å². The maximum atomic E-state index is 5.91. The van der Waals surface area contributed by atoms with Crippen molar-refractivity contribution in [1.82, 2.24) is 0 Å². The second-order valence-corrected chi connectivity index (χ2v) is 15.8. The van der Waals surface area contributed by atoms with Crippen LogP contribution >= 0.6 is 15.9 Å². The van der Waals surface area contributed by atoms with Crippen molar-refractivity contribution in [2.24, 2.45) is 21.7 Å². The lowest BCUT2D eigenvalue weighted by Crippen LogP contribution is -2.15. The summed E-state index contributed by atoms with van der Waals surface area (Å²) in [7, 11) is 0. The molecule has 2 N–H and O–H groups in total. The monoisotopic (exact) mass is 529 g/mol. The highest BCUT2D eigenvalue weighted by molar-refractivity contribution is 9.10. The van der Waals surface area contributed by atoms with E-state index in [2.05, 4.69) is 129 Å². The molecule has 0 aliphatic carbocycles. The molecule has 0 aliphatic heterocycles. The maximum Gasteiger partial charge on any atom is 0.0316 e. The highest BCUT2D eigenvalue weighted by atomic mass is 79.9. The minimum Gasteiger partial charge on any atom is -0.399 e. The fourth-order valence-electron chi connectivity index (χ4n) is 4.20. The lowest BCUT2D eigenvalue weighted by molar-refractivity contribution is 0.392. The molecule has 0 bridgehead atoms. The standard InChI is InChI=1S/C16H25Br.C16H27N/c2*1-15(2,3)10-12-7-8-14(17)9-13(12)11-16(4,5)6/h7-9H,10-11H2,1-6H3;7-9H,10-11,17H2,1-6H3. The molecule has 2 aromatic carbocycles. The molecule has 0 aromatic heterocycles. The van der Waals surface area contributed by atoms with Gasteiger partial charge in [0.1, 0.15) is 0 Å². The molecule has 0 saturated carbocycles. The zero-order valence-electron chi connectivity index (χ0n) is 24.2. The maximum absolute atomic E-state index is 5.91. The van der Waals surface area contributed by atoms with E-state index in [0.29, 0.717) is 21.7 Å². The number of nitrogens with two attached hydrogens (primary N) is 1. The lowest BCUT2D eigenvalue weighted by Gasteiger charge is -2.24. The third kappa shape index (κ3) is 13.6. The number of benzene rings is 2. The predicted molar refractivity (Wildman–Crippen MR) is 158 cm³/mol. The SMILES string of the molecule is CC(C)(C)Cc1ccc(Br)cc1CC(C)(C)C.CC(C)(C)Cc1ccc(N)cc1CC(C)(C)C. The van der Waals surface area contributed by atoms with Crippen molar-refractivity contribution in [2.75, 3.05) is 5.73 Å². The summed E-state index contributed by atoms with van der Waals surface area (Å²) < 4.78 is 1.19. The molecular formula is C32H52BrN. The molecule has 2 aromatic rings. The smallest absolute Gasteiger partial charge is 0.0316 e. The summed E-state index contributed by atoms with van der Waals surface area (Å²) in [6, 6.07) is 13.1. The number of hydrogen-bond donors (Lipinski definition) is 1. The molecule has 1 nitrogen and oxygen atoms in total. The van der Waals surface area contributed by atoms with Gasteiger partial charge in [0.15, 0.2) is 0 Å². The Kier molecular flexibility index (Phi) is 10.5. The Hall–Kier alpha value is -1.28. The molecule has 0 spiro atoms. The highest BCUT2D eigenvalue weighted by Gasteiger charge is 2.19. The third-order valence-electron chi connectivity index (χ3n) is 5.28. The molecule has 2 rings (SSSR count). The first kappa shape index (κ1) is 30.8. The van der Waals surface area contributed by atoms with E-state index in [-0.39, 0.29) is 0 Å². The summed E-state index contributed by atoms with van der Waals surface area (Å²) in [6.45, 7) is 27.5. The molecule has 0 fully saturated rings. The van der Waals surface area contributed by atoms with Gasteiger partial charge in [0, 0.05) is 10.2 Å². The van der Waals surface area contributed by atoms with Gasteiger partial charge in [-0.3, -0.25) is 0 Å². The first-order chi connectivity index (χ1) is 15.1. The van der Waals surface area contributed by atoms with E-state index >= 15 is 0 Å². The van der Waals surface area contributed by atoms with Crippen LogP contribution in [0.15, 0.2) is 40.9 Å². The van der Waals surface area contributed by atoms with Gasteiger partial charge in [0.05, 0.1) is 0 Å². The summed E-state index contributed by atoms with van der Waals surface area (Å²) in [5.41, 5.74) is 13.9.